The summed E-state index contributed by atoms with van der Waals surface area (Å²) in [6, 6.07) is 17.8. The summed E-state index contributed by atoms with van der Waals surface area (Å²) in [6.07, 6.45) is 0.461. The van der Waals surface area contributed by atoms with E-state index in [-0.39, 0.29) is 59.7 Å². The molecular formula is C27H29ClFN3O4S. The molecule has 196 valence electrons. The number of halogens is 2. The van der Waals surface area contributed by atoms with Crippen LogP contribution in [0.3, 0.4) is 0 Å². The number of carbonyl (C=O) groups is 2. The molecule has 0 atom stereocenters. The highest BCUT2D eigenvalue weighted by Crippen LogP contribution is 2.30. The van der Waals surface area contributed by atoms with E-state index in [1.54, 1.807) is 36.4 Å². The van der Waals surface area contributed by atoms with Crippen molar-refractivity contribution in [2.75, 3.05) is 31.5 Å². The number of rotatable bonds is 7. The maximum Gasteiger partial charge on any atom is 0.256 e. The first-order valence-corrected chi connectivity index (χ1v) is 13.9. The molecule has 1 heterocycles. The van der Waals surface area contributed by atoms with Crippen molar-refractivity contribution in [2.45, 2.75) is 19.6 Å². The molecule has 0 spiro atoms. The first kappa shape index (κ1) is 28.3. The second-order valence-electron chi connectivity index (χ2n) is 8.08. The van der Waals surface area contributed by atoms with Gasteiger partial charge in [-0.25, -0.2) is 12.8 Å². The van der Waals surface area contributed by atoms with Crippen LogP contribution in [0.15, 0.2) is 66.7 Å². The van der Waals surface area contributed by atoms with Crippen molar-refractivity contribution in [3.8, 4) is 11.1 Å². The Morgan fingerprint density at radius 3 is 2.30 bits per heavy atom. The van der Waals surface area contributed by atoms with Crippen LogP contribution < -0.4 is 5.32 Å². The lowest BCUT2D eigenvalue weighted by Crippen LogP contribution is -2.50. The monoisotopic (exact) mass is 545 g/mol. The van der Waals surface area contributed by atoms with Crippen LogP contribution in [0.4, 0.5) is 10.1 Å². The van der Waals surface area contributed by atoms with E-state index in [0.717, 1.165) is 0 Å². The minimum absolute atomic E-state index is 0.107. The van der Waals surface area contributed by atoms with Gasteiger partial charge in [-0.1, -0.05) is 61.8 Å². The fourth-order valence-corrected chi connectivity index (χ4v) is 5.69. The molecule has 1 saturated heterocycles. The predicted octanol–water partition coefficient (Wildman–Crippen LogP) is 5.03. The highest BCUT2D eigenvalue weighted by atomic mass is 35.5. The van der Waals surface area contributed by atoms with E-state index in [4.69, 9.17) is 11.6 Å². The van der Waals surface area contributed by atoms with Crippen LogP contribution in [-0.4, -0.2) is 56.1 Å². The average molecular weight is 546 g/mol. The minimum Gasteiger partial charge on any atom is -0.336 e. The van der Waals surface area contributed by atoms with E-state index >= 15 is 0 Å². The lowest BCUT2D eigenvalue weighted by atomic mass is 10.0. The van der Waals surface area contributed by atoms with Gasteiger partial charge < -0.3 is 10.2 Å². The molecule has 1 N–H and O–H groups in total. The Kier molecular flexibility index (Phi) is 9.79. The first-order chi connectivity index (χ1) is 17.8. The van der Waals surface area contributed by atoms with Crippen molar-refractivity contribution in [1.82, 2.24) is 9.21 Å². The SMILES string of the molecule is CC.O=CNc1ccc(-c2ccc(Cl)cc2F)cc1C(=O)N1CCN(S(=O)(=O)Cc2ccccc2)CC1. The number of nitrogens with zero attached hydrogens (tertiary/aromatic N) is 2. The Balaban J connectivity index is 0.00000186. The summed E-state index contributed by atoms with van der Waals surface area (Å²) < 4.78 is 41.5. The summed E-state index contributed by atoms with van der Waals surface area (Å²) in [4.78, 5) is 26.0. The Bertz CT molecular complexity index is 1350. The zero-order valence-corrected chi connectivity index (χ0v) is 22.2. The van der Waals surface area contributed by atoms with Crippen molar-refractivity contribution in [3.63, 3.8) is 0 Å². The summed E-state index contributed by atoms with van der Waals surface area (Å²) in [7, 11) is -3.53. The third-order valence-electron chi connectivity index (χ3n) is 5.82. The largest absolute Gasteiger partial charge is 0.336 e. The third-order valence-corrected chi connectivity index (χ3v) is 7.90. The number of piperazine rings is 1. The van der Waals surface area contributed by atoms with Crippen molar-refractivity contribution in [2.24, 2.45) is 0 Å². The molecule has 1 aliphatic rings. The highest BCUT2D eigenvalue weighted by Gasteiger charge is 2.30. The van der Waals surface area contributed by atoms with Crippen LogP contribution in [-0.2, 0) is 20.6 Å². The fraction of sp³-hybridized carbons (Fsp3) is 0.259. The van der Waals surface area contributed by atoms with Gasteiger partial charge in [-0.2, -0.15) is 4.31 Å². The molecular weight excluding hydrogens is 517 g/mol. The minimum atomic E-state index is -3.53. The number of anilines is 1. The molecule has 1 aliphatic heterocycles. The van der Waals surface area contributed by atoms with Gasteiger partial charge >= 0.3 is 0 Å². The summed E-state index contributed by atoms with van der Waals surface area (Å²) >= 11 is 5.85. The van der Waals surface area contributed by atoms with E-state index in [2.05, 4.69) is 5.32 Å². The maximum absolute atomic E-state index is 14.5. The molecule has 1 fully saturated rings. The van der Waals surface area contributed by atoms with Crippen LogP contribution in [0, 0.1) is 5.82 Å². The number of nitrogens with one attached hydrogen (secondary N) is 1. The van der Waals surface area contributed by atoms with Crippen LogP contribution >= 0.6 is 11.6 Å². The molecule has 4 rings (SSSR count). The van der Waals surface area contributed by atoms with Crippen molar-refractivity contribution in [3.05, 3.63) is 88.7 Å². The van der Waals surface area contributed by atoms with Crippen molar-refractivity contribution < 1.29 is 22.4 Å². The van der Waals surface area contributed by atoms with Crippen molar-refractivity contribution >= 4 is 39.6 Å². The third kappa shape index (κ3) is 6.94. The smallest absolute Gasteiger partial charge is 0.256 e. The fourth-order valence-electron chi connectivity index (χ4n) is 4.02. The molecule has 3 aromatic rings. The first-order valence-electron chi connectivity index (χ1n) is 11.9. The summed E-state index contributed by atoms with van der Waals surface area (Å²) in [6.45, 7) is 4.69. The molecule has 3 aromatic carbocycles. The lowest BCUT2D eigenvalue weighted by molar-refractivity contribution is -0.105. The second-order valence-corrected chi connectivity index (χ2v) is 10.5. The molecule has 10 heteroatoms. The number of carbonyl (C=O) groups excluding carboxylic acids is 2. The zero-order valence-electron chi connectivity index (χ0n) is 20.7. The molecule has 2 amide bonds. The lowest BCUT2D eigenvalue weighted by Gasteiger charge is -2.34. The summed E-state index contributed by atoms with van der Waals surface area (Å²) in [5, 5.41) is 2.76. The van der Waals surface area contributed by atoms with Crippen LogP contribution in [0.2, 0.25) is 5.02 Å². The summed E-state index contributed by atoms with van der Waals surface area (Å²) in [5.41, 5.74) is 1.87. The quantitative estimate of drug-likeness (QED) is 0.422. The Morgan fingerprint density at radius 1 is 1.00 bits per heavy atom. The van der Waals surface area contributed by atoms with Crippen LogP contribution in [0.5, 0.6) is 0 Å². The van der Waals surface area contributed by atoms with Gasteiger partial charge in [-0.3, -0.25) is 9.59 Å². The number of sulfonamides is 1. The molecule has 0 saturated carbocycles. The Hall–Kier alpha value is -3.27. The maximum atomic E-state index is 14.5. The van der Waals surface area contributed by atoms with Gasteiger partial charge in [0.2, 0.25) is 16.4 Å². The average Bonchev–Trinajstić information content (AvgIpc) is 2.90. The number of hydrogen-bond acceptors (Lipinski definition) is 4. The van der Waals surface area contributed by atoms with E-state index in [0.29, 0.717) is 17.5 Å². The molecule has 7 nitrogen and oxygen atoms in total. The molecule has 0 unspecified atom stereocenters. The van der Waals surface area contributed by atoms with E-state index in [1.807, 2.05) is 19.9 Å². The standard InChI is InChI=1S/C25H23ClFN3O4S.C2H6/c26-20-7-8-21(23(27)15-20)19-6-9-24(28-17-31)22(14-19)25(32)29-10-12-30(13-11-29)35(33,34)16-18-4-2-1-3-5-18;1-2/h1-9,14-15,17H,10-13,16H2,(H,28,31);1-2H3. The van der Waals surface area contributed by atoms with E-state index in [9.17, 15) is 22.4 Å². The zero-order chi connectivity index (χ0) is 27.0. The van der Waals surface area contributed by atoms with Gasteiger partial charge in [0.25, 0.3) is 5.91 Å². The molecule has 0 radical (unpaired) electrons. The van der Waals surface area contributed by atoms with E-state index in [1.165, 1.54) is 33.5 Å². The molecule has 37 heavy (non-hydrogen) atoms. The Labute approximate surface area is 221 Å². The van der Waals surface area contributed by atoms with Gasteiger partial charge in [0.15, 0.2) is 0 Å². The number of benzene rings is 3. The van der Waals surface area contributed by atoms with Gasteiger partial charge in [0.05, 0.1) is 17.0 Å². The van der Waals surface area contributed by atoms with Gasteiger partial charge in [-0.05, 0) is 41.5 Å². The molecule has 0 aliphatic carbocycles. The highest BCUT2D eigenvalue weighted by molar-refractivity contribution is 7.88. The predicted molar refractivity (Wildman–Crippen MR) is 144 cm³/mol. The summed E-state index contributed by atoms with van der Waals surface area (Å²) in [5.74, 6) is -1.03. The second kappa shape index (κ2) is 12.8. The normalized spacial score (nSPS) is 13.9. The van der Waals surface area contributed by atoms with Crippen LogP contribution in [0.25, 0.3) is 11.1 Å². The molecule has 0 aromatic heterocycles. The van der Waals surface area contributed by atoms with Gasteiger partial charge in [-0.15, -0.1) is 0 Å². The molecule has 0 bridgehead atoms. The number of amides is 2. The van der Waals surface area contributed by atoms with E-state index < -0.39 is 15.8 Å². The van der Waals surface area contributed by atoms with Crippen molar-refractivity contribution in [1.29, 1.82) is 0 Å². The Morgan fingerprint density at radius 2 is 1.68 bits per heavy atom. The van der Waals surface area contributed by atoms with Gasteiger partial charge in [0, 0.05) is 36.8 Å². The van der Waals surface area contributed by atoms with Gasteiger partial charge in [0.1, 0.15) is 5.82 Å². The topological polar surface area (TPSA) is 86.8 Å². The van der Waals surface area contributed by atoms with Crippen LogP contribution in [0.1, 0.15) is 29.8 Å². The number of hydrogen-bond donors (Lipinski definition) is 1.